The number of rotatable bonds is 5. The Hall–Kier alpha value is -0.470. The lowest BCUT2D eigenvalue weighted by Crippen LogP contribution is -2.43. The van der Waals surface area contributed by atoms with Crippen molar-refractivity contribution in [1.29, 1.82) is 0 Å². The van der Waals surface area contributed by atoms with Gasteiger partial charge >= 0.3 is 0 Å². The summed E-state index contributed by atoms with van der Waals surface area (Å²) >= 11 is 2.07. The summed E-state index contributed by atoms with van der Waals surface area (Å²) < 4.78 is 0. The monoisotopic (exact) mass is 291 g/mol. The maximum absolute atomic E-state index is 3.80. The molecule has 20 heavy (non-hydrogen) atoms. The van der Waals surface area contributed by atoms with E-state index < -0.39 is 0 Å². The van der Waals surface area contributed by atoms with E-state index in [0.29, 0.717) is 16.7 Å². The molecule has 1 N–H and O–H groups in total. The molecule has 1 aromatic carbocycles. The summed E-state index contributed by atoms with van der Waals surface area (Å²) in [5.41, 5.74) is 3.22. The van der Waals surface area contributed by atoms with Crippen molar-refractivity contribution in [2.75, 3.05) is 6.54 Å². The Labute approximate surface area is 128 Å². The molecule has 0 aliphatic heterocycles. The summed E-state index contributed by atoms with van der Waals surface area (Å²) in [6.07, 6.45) is 3.87. The van der Waals surface area contributed by atoms with Crippen molar-refractivity contribution >= 4 is 11.8 Å². The van der Waals surface area contributed by atoms with Gasteiger partial charge < -0.3 is 5.32 Å². The second kappa shape index (κ2) is 6.53. The minimum Gasteiger partial charge on any atom is -0.312 e. The van der Waals surface area contributed by atoms with Crippen molar-refractivity contribution in [2.24, 2.45) is 5.41 Å². The molecular weight excluding hydrogens is 262 g/mol. The summed E-state index contributed by atoms with van der Waals surface area (Å²) in [5, 5.41) is 4.50. The second-order valence-corrected chi connectivity index (χ2v) is 8.17. The number of nitrogens with one attached hydrogen (secondary N) is 1. The molecule has 0 heterocycles. The van der Waals surface area contributed by atoms with Crippen molar-refractivity contribution in [3.8, 4) is 0 Å². The number of aryl methyl sites for hydroxylation is 2. The van der Waals surface area contributed by atoms with Gasteiger partial charge in [-0.2, -0.15) is 0 Å². The van der Waals surface area contributed by atoms with Crippen molar-refractivity contribution in [3.05, 3.63) is 29.3 Å². The first-order valence-corrected chi connectivity index (χ1v) is 8.79. The minimum absolute atomic E-state index is 0.423. The first kappa shape index (κ1) is 15.9. The number of hydrogen-bond donors (Lipinski definition) is 1. The standard InChI is InChI=1S/C18H29NS/c1-6-11-19-17-16(9-10-18(17,4)5)20-15-8-7-13(2)14(3)12-15/h7-8,12,16-17,19H,6,9-11H2,1-5H3. The van der Waals surface area contributed by atoms with Crippen molar-refractivity contribution < 1.29 is 0 Å². The summed E-state index contributed by atoms with van der Waals surface area (Å²) in [4.78, 5) is 1.43. The highest BCUT2D eigenvalue weighted by Gasteiger charge is 2.41. The molecule has 1 saturated carbocycles. The van der Waals surface area contributed by atoms with Crippen molar-refractivity contribution in [2.45, 2.75) is 70.1 Å². The zero-order valence-electron chi connectivity index (χ0n) is 13.6. The van der Waals surface area contributed by atoms with Crippen LogP contribution in [0.5, 0.6) is 0 Å². The van der Waals surface area contributed by atoms with E-state index in [2.05, 4.69) is 69.9 Å². The fourth-order valence-corrected chi connectivity index (χ4v) is 4.71. The number of benzene rings is 1. The molecule has 1 aliphatic rings. The van der Waals surface area contributed by atoms with E-state index in [-0.39, 0.29) is 0 Å². The maximum atomic E-state index is 3.80. The van der Waals surface area contributed by atoms with Gasteiger partial charge in [-0.1, -0.05) is 26.8 Å². The van der Waals surface area contributed by atoms with Gasteiger partial charge in [-0.25, -0.2) is 0 Å². The van der Waals surface area contributed by atoms with E-state index in [1.165, 1.54) is 35.3 Å². The molecule has 0 radical (unpaired) electrons. The first-order chi connectivity index (χ1) is 9.44. The molecule has 112 valence electrons. The molecule has 1 aliphatic carbocycles. The molecule has 0 saturated heterocycles. The predicted molar refractivity (Wildman–Crippen MR) is 90.7 cm³/mol. The Balaban J connectivity index is 2.08. The van der Waals surface area contributed by atoms with Crippen LogP contribution in [0.4, 0.5) is 0 Å². The van der Waals surface area contributed by atoms with Crippen molar-refractivity contribution in [3.63, 3.8) is 0 Å². The minimum atomic E-state index is 0.423. The van der Waals surface area contributed by atoms with Gasteiger partial charge in [-0.15, -0.1) is 11.8 Å². The van der Waals surface area contributed by atoms with Gasteiger partial charge in [0.25, 0.3) is 0 Å². The van der Waals surface area contributed by atoms with Crippen LogP contribution >= 0.6 is 11.8 Å². The van der Waals surface area contributed by atoms with E-state index in [1.54, 1.807) is 0 Å². The lowest BCUT2D eigenvalue weighted by molar-refractivity contribution is 0.287. The molecule has 1 fully saturated rings. The van der Waals surface area contributed by atoms with Crippen LogP contribution < -0.4 is 5.32 Å². The van der Waals surface area contributed by atoms with Gasteiger partial charge in [0.1, 0.15) is 0 Å². The average Bonchev–Trinajstić information content (AvgIpc) is 2.67. The maximum Gasteiger partial charge on any atom is 0.0253 e. The summed E-state index contributed by atoms with van der Waals surface area (Å²) in [6.45, 7) is 12.6. The van der Waals surface area contributed by atoms with Crippen molar-refractivity contribution in [1.82, 2.24) is 5.32 Å². The van der Waals surface area contributed by atoms with Crippen LogP contribution in [0.1, 0.15) is 51.2 Å². The molecule has 0 amide bonds. The van der Waals surface area contributed by atoms with E-state index in [0.717, 1.165) is 6.54 Å². The number of hydrogen-bond acceptors (Lipinski definition) is 2. The van der Waals surface area contributed by atoms with Crippen LogP contribution in [0.25, 0.3) is 0 Å². The molecule has 2 unspecified atom stereocenters. The van der Waals surface area contributed by atoms with Gasteiger partial charge in [0.05, 0.1) is 0 Å². The Bertz CT molecular complexity index is 453. The molecule has 1 aromatic rings. The predicted octanol–water partition coefficient (Wildman–Crippen LogP) is 4.95. The van der Waals surface area contributed by atoms with E-state index in [4.69, 9.17) is 0 Å². The third kappa shape index (κ3) is 3.59. The molecule has 0 spiro atoms. The lowest BCUT2D eigenvalue weighted by Gasteiger charge is -2.31. The quantitative estimate of drug-likeness (QED) is 0.823. The molecule has 2 rings (SSSR count). The van der Waals surface area contributed by atoms with Gasteiger partial charge in [0.2, 0.25) is 0 Å². The van der Waals surface area contributed by atoms with E-state index in [9.17, 15) is 0 Å². The highest BCUT2D eigenvalue weighted by atomic mass is 32.2. The van der Waals surface area contributed by atoms with Crippen LogP contribution in [0.2, 0.25) is 0 Å². The second-order valence-electron chi connectivity index (χ2n) is 6.86. The molecule has 1 nitrogen and oxygen atoms in total. The zero-order chi connectivity index (χ0) is 14.8. The molecule has 0 bridgehead atoms. The van der Waals surface area contributed by atoms with Crippen LogP contribution in [-0.4, -0.2) is 17.8 Å². The number of thioether (sulfide) groups is 1. The topological polar surface area (TPSA) is 12.0 Å². The first-order valence-electron chi connectivity index (χ1n) is 7.91. The molecule has 0 aromatic heterocycles. The molecule has 2 atom stereocenters. The van der Waals surface area contributed by atoms with Crippen LogP contribution in [-0.2, 0) is 0 Å². The van der Waals surface area contributed by atoms with Gasteiger partial charge in [0.15, 0.2) is 0 Å². The third-order valence-electron chi connectivity index (χ3n) is 4.67. The van der Waals surface area contributed by atoms with Crippen LogP contribution in [0.3, 0.4) is 0 Å². The normalized spacial score (nSPS) is 25.1. The lowest BCUT2D eigenvalue weighted by atomic mass is 9.87. The highest BCUT2D eigenvalue weighted by Crippen LogP contribution is 2.45. The van der Waals surface area contributed by atoms with Crippen LogP contribution in [0.15, 0.2) is 23.1 Å². The fourth-order valence-electron chi connectivity index (χ4n) is 3.14. The van der Waals surface area contributed by atoms with E-state index in [1.807, 2.05) is 0 Å². The van der Waals surface area contributed by atoms with Gasteiger partial charge in [-0.3, -0.25) is 0 Å². The Morgan fingerprint density at radius 2 is 2.00 bits per heavy atom. The Kier molecular flexibility index (Phi) is 5.19. The van der Waals surface area contributed by atoms with E-state index >= 15 is 0 Å². The summed E-state index contributed by atoms with van der Waals surface area (Å²) in [5.74, 6) is 0. The zero-order valence-corrected chi connectivity index (χ0v) is 14.4. The van der Waals surface area contributed by atoms with Gasteiger partial charge in [-0.05, 0) is 68.3 Å². The largest absolute Gasteiger partial charge is 0.312 e. The summed E-state index contributed by atoms with van der Waals surface area (Å²) in [6, 6.07) is 7.53. The third-order valence-corrected chi connectivity index (χ3v) is 6.00. The average molecular weight is 292 g/mol. The smallest absolute Gasteiger partial charge is 0.0253 e. The fraction of sp³-hybridized carbons (Fsp3) is 0.667. The molecular formula is C18H29NS. The summed E-state index contributed by atoms with van der Waals surface area (Å²) in [7, 11) is 0. The highest BCUT2D eigenvalue weighted by molar-refractivity contribution is 8.00. The Morgan fingerprint density at radius 3 is 2.65 bits per heavy atom. The van der Waals surface area contributed by atoms with Gasteiger partial charge in [0, 0.05) is 16.2 Å². The SMILES string of the molecule is CCCNC1C(Sc2ccc(C)c(C)c2)CCC1(C)C. The Morgan fingerprint density at radius 1 is 1.25 bits per heavy atom. The van der Waals surface area contributed by atoms with Crippen LogP contribution in [0, 0.1) is 19.3 Å². The molecule has 2 heteroatoms.